The molecular weight excluding hydrogens is 210 g/mol. The van der Waals surface area contributed by atoms with Gasteiger partial charge in [-0.15, -0.1) is 0 Å². The smallest absolute Gasteiger partial charge is 0.419 e. The molecule has 0 saturated carbocycles. The number of nitrogens with zero attached hydrogens (tertiary/aromatic N) is 1. The van der Waals surface area contributed by atoms with Crippen molar-refractivity contribution in [2.24, 2.45) is 0 Å². The van der Waals surface area contributed by atoms with Crippen molar-refractivity contribution in [1.29, 1.82) is 0 Å². The van der Waals surface area contributed by atoms with Gasteiger partial charge in [0.1, 0.15) is 5.60 Å². The van der Waals surface area contributed by atoms with Crippen LogP contribution in [0.25, 0.3) is 0 Å². The highest BCUT2D eigenvalue weighted by Gasteiger charge is 2.24. The first-order valence-electron chi connectivity index (χ1n) is 5.41. The van der Waals surface area contributed by atoms with Gasteiger partial charge in [0.15, 0.2) is 0 Å². The molecule has 0 aromatic heterocycles. The molecule has 2 amide bonds. The maximum atomic E-state index is 11.4. The zero-order valence-corrected chi connectivity index (χ0v) is 10.7. The summed E-state index contributed by atoms with van der Waals surface area (Å²) in [6.07, 6.45) is 0.342. The second-order valence-electron chi connectivity index (χ2n) is 4.51. The maximum absolute atomic E-state index is 11.4. The first kappa shape index (κ1) is 14.7. The Morgan fingerprint density at radius 3 is 2.19 bits per heavy atom. The molecule has 0 N–H and O–H groups in total. The van der Waals surface area contributed by atoms with Crippen molar-refractivity contribution in [3.8, 4) is 0 Å². The molecule has 0 heterocycles. The summed E-state index contributed by atoms with van der Waals surface area (Å²) in [4.78, 5) is 23.6. The molecule has 0 saturated heterocycles. The van der Waals surface area contributed by atoms with Crippen molar-refractivity contribution in [2.75, 3.05) is 13.7 Å². The Kier molecular flexibility index (Phi) is 5.85. The SMILES string of the molecule is CCCCOC(=O)N(C)C(=O)OC(C)(C)C. The summed E-state index contributed by atoms with van der Waals surface area (Å²) in [7, 11) is 1.34. The van der Waals surface area contributed by atoms with Crippen molar-refractivity contribution in [3.63, 3.8) is 0 Å². The minimum absolute atomic E-state index is 0.322. The lowest BCUT2D eigenvalue weighted by atomic mass is 10.2. The Balaban J connectivity index is 4.07. The summed E-state index contributed by atoms with van der Waals surface area (Å²) in [6.45, 7) is 7.53. The molecule has 0 rings (SSSR count). The first-order chi connectivity index (χ1) is 7.28. The predicted octanol–water partition coefficient (Wildman–Crippen LogP) is 2.79. The number of rotatable bonds is 3. The van der Waals surface area contributed by atoms with Gasteiger partial charge in [-0.3, -0.25) is 0 Å². The lowest BCUT2D eigenvalue weighted by molar-refractivity contribution is 0.0267. The molecule has 5 nitrogen and oxygen atoms in total. The van der Waals surface area contributed by atoms with E-state index in [9.17, 15) is 9.59 Å². The van der Waals surface area contributed by atoms with E-state index in [2.05, 4.69) is 0 Å². The Hall–Kier alpha value is -1.26. The van der Waals surface area contributed by atoms with Gasteiger partial charge in [0.2, 0.25) is 0 Å². The van der Waals surface area contributed by atoms with Crippen LogP contribution < -0.4 is 0 Å². The molecule has 0 aliphatic rings. The van der Waals surface area contributed by atoms with Gasteiger partial charge in [-0.2, -0.15) is 0 Å². The van der Waals surface area contributed by atoms with Gasteiger partial charge in [0.05, 0.1) is 6.61 Å². The van der Waals surface area contributed by atoms with Crippen LogP contribution in [0.2, 0.25) is 0 Å². The van der Waals surface area contributed by atoms with Gasteiger partial charge in [0.25, 0.3) is 0 Å². The van der Waals surface area contributed by atoms with Crippen LogP contribution in [0.4, 0.5) is 9.59 Å². The summed E-state index contributed by atoms with van der Waals surface area (Å²) in [5, 5.41) is 0. The van der Waals surface area contributed by atoms with E-state index in [1.807, 2.05) is 6.92 Å². The molecule has 0 unspecified atom stereocenters. The van der Waals surface area contributed by atoms with E-state index in [1.165, 1.54) is 7.05 Å². The van der Waals surface area contributed by atoms with Crippen LogP contribution in [0, 0.1) is 0 Å². The topological polar surface area (TPSA) is 55.8 Å². The molecule has 16 heavy (non-hydrogen) atoms. The number of imide groups is 1. The molecular formula is C11H21NO4. The highest BCUT2D eigenvalue weighted by molar-refractivity contribution is 5.87. The van der Waals surface area contributed by atoms with E-state index in [0.29, 0.717) is 6.61 Å². The zero-order valence-electron chi connectivity index (χ0n) is 10.7. The molecule has 0 fully saturated rings. The van der Waals surface area contributed by atoms with E-state index >= 15 is 0 Å². The number of hydrogen-bond acceptors (Lipinski definition) is 4. The van der Waals surface area contributed by atoms with Crippen LogP contribution >= 0.6 is 0 Å². The standard InChI is InChI=1S/C11H21NO4/c1-6-7-8-15-9(13)12(5)10(14)16-11(2,3)4/h6-8H2,1-5H3. The summed E-state index contributed by atoms with van der Waals surface area (Å²) >= 11 is 0. The molecule has 0 radical (unpaired) electrons. The molecule has 0 aliphatic carbocycles. The van der Waals surface area contributed by atoms with Gasteiger partial charge >= 0.3 is 12.2 Å². The third kappa shape index (κ3) is 6.27. The van der Waals surface area contributed by atoms with Crippen molar-refractivity contribution >= 4 is 12.2 Å². The number of amides is 2. The Morgan fingerprint density at radius 2 is 1.75 bits per heavy atom. The van der Waals surface area contributed by atoms with Crippen LogP contribution in [0.3, 0.4) is 0 Å². The number of unbranched alkanes of at least 4 members (excludes halogenated alkanes) is 1. The second kappa shape index (κ2) is 6.35. The minimum Gasteiger partial charge on any atom is -0.449 e. The van der Waals surface area contributed by atoms with Crippen LogP contribution in [0.1, 0.15) is 40.5 Å². The molecule has 0 spiro atoms. The van der Waals surface area contributed by atoms with Crippen LogP contribution in [0.15, 0.2) is 0 Å². The van der Waals surface area contributed by atoms with Crippen LogP contribution in [-0.4, -0.2) is 36.3 Å². The normalized spacial score (nSPS) is 10.8. The van der Waals surface area contributed by atoms with E-state index in [0.717, 1.165) is 17.7 Å². The monoisotopic (exact) mass is 231 g/mol. The predicted molar refractivity (Wildman–Crippen MR) is 60.3 cm³/mol. The fourth-order valence-corrected chi connectivity index (χ4v) is 0.806. The van der Waals surface area contributed by atoms with Crippen molar-refractivity contribution in [2.45, 2.75) is 46.1 Å². The Labute approximate surface area is 96.7 Å². The van der Waals surface area contributed by atoms with E-state index in [1.54, 1.807) is 20.8 Å². The van der Waals surface area contributed by atoms with Crippen molar-refractivity contribution in [1.82, 2.24) is 4.90 Å². The maximum Gasteiger partial charge on any atom is 0.419 e. The third-order valence-electron chi connectivity index (χ3n) is 1.66. The minimum atomic E-state index is -0.700. The van der Waals surface area contributed by atoms with E-state index in [4.69, 9.17) is 9.47 Å². The number of hydrogen-bond donors (Lipinski definition) is 0. The Morgan fingerprint density at radius 1 is 1.19 bits per heavy atom. The molecule has 94 valence electrons. The number of carbonyl (C=O) groups excluding carboxylic acids is 2. The average Bonchev–Trinajstić information content (AvgIpc) is 2.14. The average molecular weight is 231 g/mol. The van der Waals surface area contributed by atoms with Gasteiger partial charge < -0.3 is 9.47 Å². The lowest BCUT2D eigenvalue weighted by Crippen LogP contribution is -2.38. The van der Waals surface area contributed by atoms with Crippen molar-refractivity contribution in [3.05, 3.63) is 0 Å². The Bertz CT molecular complexity index is 245. The van der Waals surface area contributed by atoms with E-state index in [-0.39, 0.29) is 0 Å². The van der Waals surface area contributed by atoms with Gasteiger partial charge in [-0.25, -0.2) is 14.5 Å². The highest BCUT2D eigenvalue weighted by Crippen LogP contribution is 2.09. The lowest BCUT2D eigenvalue weighted by Gasteiger charge is -2.23. The zero-order chi connectivity index (χ0) is 12.8. The molecule has 0 atom stereocenters. The summed E-state index contributed by atoms with van der Waals surface area (Å²) in [5.41, 5.74) is -0.616. The largest absolute Gasteiger partial charge is 0.449 e. The van der Waals surface area contributed by atoms with Gasteiger partial charge in [-0.05, 0) is 27.2 Å². The summed E-state index contributed by atoms with van der Waals surface area (Å²) < 4.78 is 9.88. The molecule has 0 bridgehead atoms. The first-order valence-corrected chi connectivity index (χ1v) is 5.41. The van der Waals surface area contributed by atoms with Gasteiger partial charge in [0, 0.05) is 7.05 Å². The molecule has 0 aliphatic heterocycles. The van der Waals surface area contributed by atoms with E-state index < -0.39 is 17.8 Å². The number of ether oxygens (including phenoxy) is 2. The quantitative estimate of drug-likeness (QED) is 0.701. The third-order valence-corrected chi connectivity index (χ3v) is 1.66. The van der Waals surface area contributed by atoms with Crippen LogP contribution in [-0.2, 0) is 9.47 Å². The fourth-order valence-electron chi connectivity index (χ4n) is 0.806. The van der Waals surface area contributed by atoms with Crippen molar-refractivity contribution < 1.29 is 19.1 Å². The summed E-state index contributed by atoms with van der Waals surface area (Å²) in [5.74, 6) is 0. The summed E-state index contributed by atoms with van der Waals surface area (Å²) in [6, 6.07) is 0. The second-order valence-corrected chi connectivity index (χ2v) is 4.51. The van der Waals surface area contributed by atoms with Crippen LogP contribution in [0.5, 0.6) is 0 Å². The highest BCUT2D eigenvalue weighted by atomic mass is 16.6. The molecule has 0 aromatic carbocycles. The molecule has 5 heteroatoms. The molecule has 0 aromatic rings. The van der Waals surface area contributed by atoms with Gasteiger partial charge in [-0.1, -0.05) is 13.3 Å². The number of carbonyl (C=O) groups is 2. The fraction of sp³-hybridized carbons (Fsp3) is 0.818.